The smallest absolute Gasteiger partial charge is 0.253 e. The molecule has 0 saturated heterocycles. The first-order valence-electron chi connectivity index (χ1n) is 7.24. The summed E-state index contributed by atoms with van der Waals surface area (Å²) >= 11 is 1.17. The zero-order valence-corrected chi connectivity index (χ0v) is 14.6. The van der Waals surface area contributed by atoms with Crippen molar-refractivity contribution >= 4 is 27.3 Å². The minimum absolute atomic E-state index is 0.195. The first-order valence-corrected chi connectivity index (χ1v) is 9.56. The van der Waals surface area contributed by atoms with Crippen LogP contribution in [0.2, 0.25) is 0 Å². The van der Waals surface area contributed by atoms with Gasteiger partial charge in [-0.3, -0.25) is 4.79 Å². The quantitative estimate of drug-likeness (QED) is 0.850. The van der Waals surface area contributed by atoms with Crippen LogP contribution in [0, 0.1) is 0 Å². The first kappa shape index (κ1) is 16.2. The van der Waals surface area contributed by atoms with Crippen molar-refractivity contribution in [3.8, 4) is 0 Å². The van der Waals surface area contributed by atoms with E-state index in [1.54, 1.807) is 31.6 Å². The van der Waals surface area contributed by atoms with Gasteiger partial charge in [0.15, 0.2) is 0 Å². The molecule has 0 unspecified atom stereocenters. The van der Waals surface area contributed by atoms with Crippen molar-refractivity contribution in [1.82, 2.24) is 9.21 Å². The number of fused-ring (bicyclic) bond motifs is 1. The minimum Gasteiger partial charge on any atom is -0.347 e. The number of sulfonamides is 1. The fourth-order valence-electron chi connectivity index (χ4n) is 2.79. The fourth-order valence-corrected chi connectivity index (χ4v) is 5.47. The number of carbonyl (C=O) groups is 1. The molecule has 7 heteroatoms. The summed E-state index contributed by atoms with van der Waals surface area (Å²) in [6, 6.07) is 10.3. The number of carbonyl (C=O) groups excluding carboxylic acids is 1. The van der Waals surface area contributed by atoms with Gasteiger partial charge in [0, 0.05) is 20.6 Å². The standard InChI is InChI=1S/C16H18N2O3S2/c1-17(2)16(19)14-10-12-6-3-4-7-13(12)11-18(14)23(20,21)15-8-5-9-22-15/h3-9,14H,10-11H2,1-2H3/t14-/m1/s1. The largest absolute Gasteiger partial charge is 0.347 e. The van der Waals surface area contributed by atoms with E-state index in [1.165, 1.54) is 20.5 Å². The summed E-state index contributed by atoms with van der Waals surface area (Å²) in [6.07, 6.45) is 0.401. The summed E-state index contributed by atoms with van der Waals surface area (Å²) in [5.74, 6) is -0.195. The Hall–Kier alpha value is -1.70. The molecule has 1 aliphatic rings. The molecule has 1 amide bonds. The highest BCUT2D eigenvalue weighted by atomic mass is 32.2. The molecule has 0 spiro atoms. The monoisotopic (exact) mass is 350 g/mol. The van der Waals surface area contributed by atoms with E-state index in [2.05, 4.69) is 0 Å². The van der Waals surface area contributed by atoms with Gasteiger partial charge in [-0.15, -0.1) is 11.3 Å². The molecule has 0 bridgehead atoms. The second-order valence-electron chi connectivity index (χ2n) is 5.70. The van der Waals surface area contributed by atoms with Crippen LogP contribution in [0.15, 0.2) is 46.0 Å². The average Bonchev–Trinajstić information content (AvgIpc) is 3.08. The van der Waals surface area contributed by atoms with Crippen LogP contribution in [0.25, 0.3) is 0 Å². The number of amides is 1. The predicted molar refractivity (Wildman–Crippen MR) is 89.7 cm³/mol. The van der Waals surface area contributed by atoms with Crippen LogP contribution in [0.1, 0.15) is 11.1 Å². The first-order chi connectivity index (χ1) is 10.9. The second-order valence-corrected chi connectivity index (χ2v) is 8.77. The highest BCUT2D eigenvalue weighted by Crippen LogP contribution is 2.31. The number of hydrogen-bond acceptors (Lipinski definition) is 4. The number of benzene rings is 1. The molecule has 0 N–H and O–H groups in total. The van der Waals surface area contributed by atoms with Gasteiger partial charge >= 0.3 is 0 Å². The highest BCUT2D eigenvalue weighted by molar-refractivity contribution is 7.91. The molecule has 1 aromatic carbocycles. The number of rotatable bonds is 3. The zero-order chi connectivity index (χ0) is 16.6. The van der Waals surface area contributed by atoms with E-state index in [4.69, 9.17) is 0 Å². The Morgan fingerprint density at radius 3 is 2.48 bits per heavy atom. The zero-order valence-electron chi connectivity index (χ0n) is 13.0. The Bertz CT molecular complexity index is 814. The topological polar surface area (TPSA) is 57.7 Å². The predicted octanol–water partition coefficient (Wildman–Crippen LogP) is 1.95. The number of hydrogen-bond donors (Lipinski definition) is 0. The molecule has 1 atom stereocenters. The maximum Gasteiger partial charge on any atom is 0.253 e. The third kappa shape index (κ3) is 2.91. The van der Waals surface area contributed by atoms with E-state index in [0.29, 0.717) is 6.42 Å². The minimum atomic E-state index is -3.68. The van der Waals surface area contributed by atoms with Gasteiger partial charge in [-0.05, 0) is 29.0 Å². The van der Waals surface area contributed by atoms with Crippen LogP contribution in [0.3, 0.4) is 0 Å². The van der Waals surface area contributed by atoms with Crippen LogP contribution in [-0.4, -0.2) is 43.7 Å². The Morgan fingerprint density at radius 2 is 1.87 bits per heavy atom. The molecule has 2 aromatic rings. The van der Waals surface area contributed by atoms with Gasteiger partial charge in [0.05, 0.1) is 0 Å². The number of nitrogens with zero attached hydrogens (tertiary/aromatic N) is 2. The molecule has 0 radical (unpaired) electrons. The SMILES string of the molecule is CN(C)C(=O)[C@H]1Cc2ccccc2CN1S(=O)(=O)c1cccs1. The molecule has 0 fully saturated rings. The molecular weight excluding hydrogens is 332 g/mol. The highest BCUT2D eigenvalue weighted by Gasteiger charge is 2.40. The van der Waals surface area contributed by atoms with Crippen LogP contribution < -0.4 is 0 Å². The molecule has 5 nitrogen and oxygen atoms in total. The third-order valence-electron chi connectivity index (χ3n) is 3.99. The Kier molecular flexibility index (Phi) is 4.27. The van der Waals surface area contributed by atoms with E-state index < -0.39 is 16.1 Å². The normalized spacial score (nSPS) is 18.4. The van der Waals surface area contributed by atoms with E-state index >= 15 is 0 Å². The summed E-state index contributed by atoms with van der Waals surface area (Å²) in [7, 11) is -0.382. The molecular formula is C16H18N2O3S2. The van der Waals surface area contributed by atoms with Crippen molar-refractivity contribution < 1.29 is 13.2 Å². The van der Waals surface area contributed by atoms with E-state index in [-0.39, 0.29) is 16.7 Å². The van der Waals surface area contributed by atoms with Crippen LogP contribution >= 0.6 is 11.3 Å². The van der Waals surface area contributed by atoms with Gasteiger partial charge in [-0.1, -0.05) is 30.3 Å². The molecule has 0 saturated carbocycles. The summed E-state index contributed by atoms with van der Waals surface area (Å²) in [5, 5.41) is 1.73. The van der Waals surface area contributed by atoms with Crippen molar-refractivity contribution in [1.29, 1.82) is 0 Å². The Balaban J connectivity index is 2.07. The lowest BCUT2D eigenvalue weighted by Crippen LogP contribution is -2.51. The Morgan fingerprint density at radius 1 is 1.17 bits per heavy atom. The summed E-state index contributed by atoms with van der Waals surface area (Å²) < 4.78 is 27.5. The lowest BCUT2D eigenvalue weighted by molar-refractivity contribution is -0.133. The third-order valence-corrected chi connectivity index (χ3v) is 7.22. The van der Waals surface area contributed by atoms with Crippen molar-refractivity contribution in [3.05, 3.63) is 52.9 Å². The lowest BCUT2D eigenvalue weighted by Gasteiger charge is -2.35. The fraction of sp³-hybridized carbons (Fsp3) is 0.312. The van der Waals surface area contributed by atoms with Gasteiger partial charge < -0.3 is 4.90 Å². The maximum atomic E-state index is 13.0. The van der Waals surface area contributed by atoms with Crippen LogP contribution in [0.4, 0.5) is 0 Å². The maximum absolute atomic E-state index is 13.0. The van der Waals surface area contributed by atoms with Crippen molar-refractivity contribution in [2.45, 2.75) is 23.2 Å². The number of likely N-dealkylation sites (N-methyl/N-ethyl adjacent to an activating group) is 1. The molecule has 122 valence electrons. The average molecular weight is 350 g/mol. The van der Waals surface area contributed by atoms with Gasteiger partial charge in [-0.2, -0.15) is 4.31 Å². The molecule has 3 rings (SSSR count). The van der Waals surface area contributed by atoms with Crippen molar-refractivity contribution in [2.24, 2.45) is 0 Å². The second kappa shape index (κ2) is 6.07. The van der Waals surface area contributed by atoms with Gasteiger partial charge in [-0.25, -0.2) is 8.42 Å². The summed E-state index contributed by atoms with van der Waals surface area (Å²) in [6.45, 7) is 0.223. The van der Waals surface area contributed by atoms with Crippen molar-refractivity contribution in [2.75, 3.05) is 14.1 Å². The van der Waals surface area contributed by atoms with Gasteiger partial charge in [0.2, 0.25) is 5.91 Å². The van der Waals surface area contributed by atoms with Gasteiger partial charge in [0.1, 0.15) is 10.3 Å². The van der Waals surface area contributed by atoms with Crippen molar-refractivity contribution in [3.63, 3.8) is 0 Å². The van der Waals surface area contributed by atoms with Crippen LogP contribution in [0.5, 0.6) is 0 Å². The Labute approximate surface area is 140 Å². The lowest BCUT2D eigenvalue weighted by atomic mass is 9.95. The van der Waals surface area contributed by atoms with Crippen LogP contribution in [-0.2, 0) is 27.8 Å². The summed E-state index contributed by atoms with van der Waals surface area (Å²) in [5.41, 5.74) is 1.99. The molecule has 2 heterocycles. The molecule has 23 heavy (non-hydrogen) atoms. The van der Waals surface area contributed by atoms with E-state index in [1.807, 2.05) is 24.3 Å². The van der Waals surface area contributed by atoms with Gasteiger partial charge in [0.25, 0.3) is 10.0 Å². The van der Waals surface area contributed by atoms with E-state index in [0.717, 1.165) is 11.1 Å². The van der Waals surface area contributed by atoms with E-state index in [9.17, 15) is 13.2 Å². The molecule has 1 aliphatic heterocycles. The number of thiophene rings is 1. The molecule has 1 aromatic heterocycles. The summed E-state index contributed by atoms with van der Waals surface area (Å²) in [4.78, 5) is 14.0. The molecule has 0 aliphatic carbocycles.